The van der Waals surface area contributed by atoms with E-state index in [0.29, 0.717) is 6.04 Å². The summed E-state index contributed by atoms with van der Waals surface area (Å²) in [6, 6.07) is 7.41. The maximum atomic E-state index is 3.66. The molecule has 2 nitrogen and oxygen atoms in total. The second-order valence-corrected chi connectivity index (χ2v) is 7.06. The fourth-order valence-corrected chi connectivity index (χ4v) is 3.34. The summed E-state index contributed by atoms with van der Waals surface area (Å²) >= 11 is 0. The molecule has 1 aliphatic carbocycles. The normalized spacial score (nSPS) is 22.6. The van der Waals surface area contributed by atoms with Crippen LogP contribution in [0.5, 0.6) is 0 Å². The van der Waals surface area contributed by atoms with Crippen LogP contribution < -0.4 is 5.32 Å². The topological polar surface area (TPSA) is 15.3 Å². The standard InChI is InChI=1S/C19H32N2/c1-6-20-19(17-10-14(2)9-15(3)11-17)7-8-21(5)13-18-12-16(18)4/h9-11,16,18-20H,6-8,12-13H2,1-5H3. The van der Waals surface area contributed by atoms with Gasteiger partial charge in [-0.2, -0.15) is 0 Å². The van der Waals surface area contributed by atoms with Gasteiger partial charge in [-0.1, -0.05) is 43.2 Å². The average Bonchev–Trinajstić information content (AvgIpc) is 3.08. The first-order valence-electron chi connectivity index (χ1n) is 8.49. The Morgan fingerprint density at radius 3 is 2.38 bits per heavy atom. The zero-order valence-corrected chi connectivity index (χ0v) is 14.4. The zero-order valence-electron chi connectivity index (χ0n) is 14.4. The van der Waals surface area contributed by atoms with Crippen LogP contribution in [0.25, 0.3) is 0 Å². The van der Waals surface area contributed by atoms with Crippen molar-refractivity contribution in [2.24, 2.45) is 11.8 Å². The van der Waals surface area contributed by atoms with E-state index in [1.165, 1.54) is 42.6 Å². The van der Waals surface area contributed by atoms with E-state index in [1.807, 2.05) is 0 Å². The minimum atomic E-state index is 0.479. The Hall–Kier alpha value is -0.860. The van der Waals surface area contributed by atoms with Gasteiger partial charge < -0.3 is 10.2 Å². The van der Waals surface area contributed by atoms with Crippen molar-refractivity contribution in [3.05, 3.63) is 34.9 Å². The molecule has 1 saturated carbocycles. The first kappa shape index (κ1) is 16.5. The first-order chi connectivity index (χ1) is 9.99. The lowest BCUT2D eigenvalue weighted by atomic mass is 9.99. The van der Waals surface area contributed by atoms with E-state index in [9.17, 15) is 0 Å². The Morgan fingerprint density at radius 2 is 1.86 bits per heavy atom. The number of rotatable bonds is 8. The van der Waals surface area contributed by atoms with Crippen molar-refractivity contribution in [2.75, 3.05) is 26.7 Å². The van der Waals surface area contributed by atoms with E-state index >= 15 is 0 Å². The third-order valence-electron chi connectivity index (χ3n) is 4.72. The third kappa shape index (κ3) is 5.12. The maximum absolute atomic E-state index is 3.66. The monoisotopic (exact) mass is 288 g/mol. The molecule has 3 atom stereocenters. The smallest absolute Gasteiger partial charge is 0.0332 e. The second kappa shape index (κ2) is 7.42. The molecule has 2 heteroatoms. The fraction of sp³-hybridized carbons (Fsp3) is 0.684. The third-order valence-corrected chi connectivity index (χ3v) is 4.72. The molecule has 1 aliphatic rings. The molecule has 1 aromatic carbocycles. The summed E-state index contributed by atoms with van der Waals surface area (Å²) in [6.07, 6.45) is 2.62. The van der Waals surface area contributed by atoms with Crippen molar-refractivity contribution >= 4 is 0 Å². The highest BCUT2D eigenvalue weighted by Crippen LogP contribution is 2.38. The number of nitrogens with one attached hydrogen (secondary N) is 1. The molecule has 1 fully saturated rings. The Morgan fingerprint density at radius 1 is 1.24 bits per heavy atom. The quantitative estimate of drug-likeness (QED) is 0.779. The van der Waals surface area contributed by atoms with Gasteiger partial charge in [0.05, 0.1) is 0 Å². The van der Waals surface area contributed by atoms with Crippen LogP contribution in [0.1, 0.15) is 49.4 Å². The molecule has 21 heavy (non-hydrogen) atoms. The summed E-state index contributed by atoms with van der Waals surface area (Å²) in [5, 5.41) is 3.66. The van der Waals surface area contributed by atoms with Crippen LogP contribution in [0.3, 0.4) is 0 Å². The van der Waals surface area contributed by atoms with Crippen molar-refractivity contribution in [1.29, 1.82) is 0 Å². The van der Waals surface area contributed by atoms with Crippen LogP contribution in [0.15, 0.2) is 18.2 Å². The average molecular weight is 288 g/mol. The van der Waals surface area contributed by atoms with E-state index in [4.69, 9.17) is 0 Å². The molecule has 1 aromatic rings. The highest BCUT2D eigenvalue weighted by Gasteiger charge is 2.33. The van der Waals surface area contributed by atoms with E-state index in [-0.39, 0.29) is 0 Å². The van der Waals surface area contributed by atoms with Crippen LogP contribution in [0.2, 0.25) is 0 Å². The van der Waals surface area contributed by atoms with E-state index in [0.717, 1.165) is 18.4 Å². The minimum Gasteiger partial charge on any atom is -0.310 e. The van der Waals surface area contributed by atoms with Crippen molar-refractivity contribution in [2.45, 2.75) is 46.6 Å². The molecule has 0 amide bonds. The summed E-state index contributed by atoms with van der Waals surface area (Å²) < 4.78 is 0. The van der Waals surface area contributed by atoms with Gasteiger partial charge in [-0.3, -0.25) is 0 Å². The van der Waals surface area contributed by atoms with Crippen molar-refractivity contribution in [3.8, 4) is 0 Å². The van der Waals surface area contributed by atoms with E-state index in [2.05, 4.69) is 63.2 Å². The van der Waals surface area contributed by atoms with Gasteiger partial charge in [-0.25, -0.2) is 0 Å². The van der Waals surface area contributed by atoms with Gasteiger partial charge in [-0.05, 0) is 64.2 Å². The van der Waals surface area contributed by atoms with E-state index < -0.39 is 0 Å². The Labute approximate surface area is 130 Å². The van der Waals surface area contributed by atoms with E-state index in [1.54, 1.807) is 0 Å². The molecule has 118 valence electrons. The van der Waals surface area contributed by atoms with Crippen molar-refractivity contribution in [1.82, 2.24) is 10.2 Å². The van der Waals surface area contributed by atoms with Crippen molar-refractivity contribution in [3.63, 3.8) is 0 Å². The number of nitrogens with zero attached hydrogens (tertiary/aromatic N) is 1. The predicted molar refractivity (Wildman–Crippen MR) is 91.7 cm³/mol. The minimum absolute atomic E-state index is 0.479. The number of hydrogen-bond donors (Lipinski definition) is 1. The zero-order chi connectivity index (χ0) is 15.4. The Kier molecular flexibility index (Phi) is 5.83. The molecule has 0 radical (unpaired) electrons. The lowest BCUT2D eigenvalue weighted by Crippen LogP contribution is -2.28. The van der Waals surface area contributed by atoms with Gasteiger partial charge in [0.15, 0.2) is 0 Å². The molecule has 0 aliphatic heterocycles. The SMILES string of the molecule is CCNC(CCN(C)CC1CC1C)c1cc(C)cc(C)c1. The molecule has 0 saturated heterocycles. The summed E-state index contributed by atoms with van der Waals surface area (Å²) in [6.45, 7) is 12.4. The fourth-order valence-electron chi connectivity index (χ4n) is 3.34. The molecular formula is C19H32N2. The van der Waals surface area contributed by atoms with Crippen LogP contribution in [-0.4, -0.2) is 31.6 Å². The molecule has 1 N–H and O–H groups in total. The predicted octanol–water partition coefficient (Wildman–Crippen LogP) is 3.93. The number of hydrogen-bond acceptors (Lipinski definition) is 2. The van der Waals surface area contributed by atoms with Gasteiger partial charge >= 0.3 is 0 Å². The van der Waals surface area contributed by atoms with Gasteiger partial charge in [0, 0.05) is 12.6 Å². The van der Waals surface area contributed by atoms with Gasteiger partial charge in [0.2, 0.25) is 0 Å². The van der Waals surface area contributed by atoms with Crippen molar-refractivity contribution < 1.29 is 0 Å². The summed E-state index contributed by atoms with van der Waals surface area (Å²) in [7, 11) is 2.27. The van der Waals surface area contributed by atoms with Crippen LogP contribution in [0, 0.1) is 25.7 Å². The Balaban J connectivity index is 1.91. The highest BCUT2D eigenvalue weighted by molar-refractivity contribution is 5.30. The Bertz CT molecular complexity index is 435. The van der Waals surface area contributed by atoms with Crippen LogP contribution >= 0.6 is 0 Å². The molecule has 3 unspecified atom stereocenters. The lowest BCUT2D eigenvalue weighted by molar-refractivity contribution is 0.293. The molecule has 2 rings (SSSR count). The van der Waals surface area contributed by atoms with Crippen LogP contribution in [-0.2, 0) is 0 Å². The molecule has 0 aromatic heterocycles. The largest absolute Gasteiger partial charge is 0.310 e. The van der Waals surface area contributed by atoms with Crippen LogP contribution in [0.4, 0.5) is 0 Å². The molecular weight excluding hydrogens is 256 g/mol. The van der Waals surface area contributed by atoms with Gasteiger partial charge in [-0.15, -0.1) is 0 Å². The highest BCUT2D eigenvalue weighted by atomic mass is 15.1. The summed E-state index contributed by atoms with van der Waals surface area (Å²) in [5.74, 6) is 1.91. The summed E-state index contributed by atoms with van der Waals surface area (Å²) in [5.41, 5.74) is 4.18. The van der Waals surface area contributed by atoms with Gasteiger partial charge in [0.25, 0.3) is 0 Å². The molecule has 0 spiro atoms. The lowest BCUT2D eigenvalue weighted by Gasteiger charge is -2.23. The molecule has 0 heterocycles. The first-order valence-corrected chi connectivity index (χ1v) is 8.49. The second-order valence-electron chi connectivity index (χ2n) is 7.06. The van der Waals surface area contributed by atoms with Gasteiger partial charge in [0.1, 0.15) is 0 Å². The number of benzene rings is 1. The molecule has 0 bridgehead atoms. The number of aryl methyl sites for hydroxylation is 2. The maximum Gasteiger partial charge on any atom is 0.0332 e. The summed E-state index contributed by atoms with van der Waals surface area (Å²) in [4.78, 5) is 2.52.